The van der Waals surface area contributed by atoms with Crippen LogP contribution in [-0.4, -0.2) is 29.2 Å². The van der Waals surface area contributed by atoms with Crippen LogP contribution in [0.4, 0.5) is 0 Å². The third kappa shape index (κ3) is 7.86. The summed E-state index contributed by atoms with van der Waals surface area (Å²) >= 11 is 0. The monoisotopic (exact) mass is 490 g/mol. The summed E-state index contributed by atoms with van der Waals surface area (Å²) in [7, 11) is 0. The number of halogens is 2. The maximum absolute atomic E-state index is 11.0. The Kier molecular flexibility index (Phi) is 10.9. The summed E-state index contributed by atoms with van der Waals surface area (Å²) in [6, 6.07) is 19.7. The van der Waals surface area contributed by atoms with Crippen LogP contribution in [-0.2, 0) is 6.54 Å². The van der Waals surface area contributed by atoms with Gasteiger partial charge >= 0.3 is 5.97 Å². The number of carbonyl (C=O) groups is 1. The Morgan fingerprint density at radius 2 is 1.61 bits per heavy atom. The molecule has 2 aliphatic carbocycles. The minimum absolute atomic E-state index is 0. The van der Waals surface area contributed by atoms with Gasteiger partial charge in [0.25, 0.3) is 0 Å². The Bertz CT molecular complexity index is 894. The summed E-state index contributed by atoms with van der Waals surface area (Å²) in [6.07, 6.45) is 9.63. The molecule has 0 heterocycles. The molecule has 4 nitrogen and oxygen atoms in total. The summed E-state index contributed by atoms with van der Waals surface area (Å²) in [6.45, 7) is 3.08. The Labute approximate surface area is 210 Å². The number of aromatic carboxylic acids is 1. The summed E-state index contributed by atoms with van der Waals surface area (Å²) < 4.78 is 0. The van der Waals surface area contributed by atoms with Crippen LogP contribution in [0.1, 0.15) is 66.9 Å². The van der Waals surface area contributed by atoms with Crippen molar-refractivity contribution in [2.24, 2.45) is 5.92 Å². The number of carboxylic acids is 1. The van der Waals surface area contributed by atoms with Crippen molar-refractivity contribution in [2.45, 2.75) is 70.1 Å². The molecule has 6 heteroatoms. The lowest BCUT2D eigenvalue weighted by Gasteiger charge is -2.30. The van der Waals surface area contributed by atoms with Gasteiger partial charge in [0.1, 0.15) is 0 Å². The molecule has 0 spiro atoms. The van der Waals surface area contributed by atoms with E-state index >= 15 is 0 Å². The largest absolute Gasteiger partial charge is 0.478 e. The van der Waals surface area contributed by atoms with Crippen molar-refractivity contribution < 1.29 is 9.90 Å². The van der Waals surface area contributed by atoms with Gasteiger partial charge < -0.3 is 15.7 Å². The third-order valence-electron chi connectivity index (χ3n) is 6.80. The highest BCUT2D eigenvalue weighted by Crippen LogP contribution is 2.40. The van der Waals surface area contributed by atoms with Gasteiger partial charge in [-0.15, -0.1) is 24.8 Å². The average molecular weight is 492 g/mol. The Balaban J connectivity index is 0.00000193. The molecule has 4 rings (SSSR count). The van der Waals surface area contributed by atoms with Crippen molar-refractivity contribution in [3.05, 3.63) is 76.9 Å². The van der Waals surface area contributed by atoms with Crippen LogP contribution >= 0.6 is 24.8 Å². The molecule has 2 atom stereocenters. The highest BCUT2D eigenvalue weighted by molar-refractivity contribution is 5.87. The first-order valence-corrected chi connectivity index (χ1v) is 11.7. The number of carboxylic acid groups (broad SMARTS) is 1. The Hall–Kier alpha value is -1.85. The molecule has 2 aliphatic rings. The molecule has 2 unspecified atom stereocenters. The van der Waals surface area contributed by atoms with Crippen molar-refractivity contribution in [3.8, 4) is 0 Å². The molecule has 0 aliphatic heterocycles. The van der Waals surface area contributed by atoms with Crippen LogP contribution in [0.2, 0.25) is 0 Å². The molecule has 0 saturated heterocycles. The fourth-order valence-electron chi connectivity index (χ4n) is 4.82. The molecule has 2 aromatic carbocycles. The normalized spacial score (nSPS) is 24.3. The van der Waals surface area contributed by atoms with Crippen LogP contribution in [0.25, 0.3) is 6.08 Å². The van der Waals surface area contributed by atoms with Crippen LogP contribution < -0.4 is 10.6 Å². The number of rotatable bonds is 9. The first-order chi connectivity index (χ1) is 15.1. The minimum Gasteiger partial charge on any atom is -0.478 e. The average Bonchev–Trinajstić information content (AvgIpc) is 3.56. The molecule has 180 valence electrons. The van der Waals surface area contributed by atoms with E-state index in [0.29, 0.717) is 29.6 Å². The Morgan fingerprint density at radius 3 is 2.21 bits per heavy atom. The Morgan fingerprint density at radius 1 is 0.970 bits per heavy atom. The molecule has 2 saturated carbocycles. The van der Waals surface area contributed by atoms with Gasteiger partial charge in [0.2, 0.25) is 0 Å². The molecular weight excluding hydrogens is 455 g/mol. The first kappa shape index (κ1) is 27.4. The lowest BCUT2D eigenvalue weighted by Crippen LogP contribution is -2.40. The van der Waals surface area contributed by atoms with Crippen molar-refractivity contribution in [2.75, 3.05) is 0 Å². The van der Waals surface area contributed by atoms with Gasteiger partial charge in [-0.1, -0.05) is 61.0 Å². The lowest BCUT2D eigenvalue weighted by molar-refractivity contribution is 0.0697. The maximum atomic E-state index is 11.0. The molecule has 3 N–H and O–H groups in total. The molecule has 0 amide bonds. The number of benzene rings is 2. The summed E-state index contributed by atoms with van der Waals surface area (Å²) in [5.74, 6) is -0.167. The van der Waals surface area contributed by atoms with E-state index in [4.69, 9.17) is 5.11 Å². The molecule has 2 fully saturated rings. The second-order valence-electron chi connectivity index (χ2n) is 9.03. The molecule has 0 radical (unpaired) electrons. The van der Waals surface area contributed by atoms with Gasteiger partial charge in [-0.2, -0.15) is 0 Å². The highest BCUT2D eigenvalue weighted by Gasteiger charge is 2.40. The second-order valence-corrected chi connectivity index (χ2v) is 9.03. The van der Waals surface area contributed by atoms with E-state index in [1.807, 2.05) is 12.1 Å². The minimum atomic E-state index is -0.871. The van der Waals surface area contributed by atoms with Crippen LogP contribution in [0.15, 0.2) is 60.2 Å². The third-order valence-corrected chi connectivity index (χ3v) is 6.80. The van der Waals surface area contributed by atoms with E-state index in [-0.39, 0.29) is 24.8 Å². The van der Waals surface area contributed by atoms with Crippen molar-refractivity contribution >= 4 is 36.9 Å². The zero-order valence-corrected chi connectivity index (χ0v) is 20.8. The summed E-state index contributed by atoms with van der Waals surface area (Å²) in [4.78, 5) is 11.0. The van der Waals surface area contributed by atoms with Gasteiger partial charge in [-0.25, -0.2) is 4.79 Å². The molecule has 33 heavy (non-hydrogen) atoms. The van der Waals surface area contributed by atoms with Gasteiger partial charge in [-0.3, -0.25) is 0 Å². The zero-order valence-electron chi connectivity index (χ0n) is 19.2. The van der Waals surface area contributed by atoms with Gasteiger partial charge in [0.05, 0.1) is 5.56 Å². The van der Waals surface area contributed by atoms with Crippen molar-refractivity contribution in [1.29, 1.82) is 0 Å². The smallest absolute Gasteiger partial charge is 0.335 e. The number of hydrogen-bond acceptors (Lipinski definition) is 3. The standard InChI is InChI=1S/C27H34N2O2.2ClH/c1-2-21(16-19-6-4-3-5-7-19)25-17-26(25)29-24-14-12-23(13-15-24)28-18-20-8-10-22(11-9-20)27(30)31;;/h3-11,16,23-26,28-29H,2,12-15,17-18H2,1H3,(H,30,31);2*1H/b21-16+;;. The summed E-state index contributed by atoms with van der Waals surface area (Å²) in [5.41, 5.74) is 4.38. The zero-order chi connectivity index (χ0) is 21.6. The summed E-state index contributed by atoms with van der Waals surface area (Å²) in [5, 5.41) is 16.6. The van der Waals surface area contributed by atoms with Crippen LogP contribution in [0.3, 0.4) is 0 Å². The predicted molar refractivity (Wildman–Crippen MR) is 141 cm³/mol. The van der Waals surface area contributed by atoms with Gasteiger partial charge in [0.15, 0.2) is 0 Å². The van der Waals surface area contributed by atoms with E-state index in [9.17, 15) is 4.79 Å². The first-order valence-electron chi connectivity index (χ1n) is 11.7. The maximum Gasteiger partial charge on any atom is 0.335 e. The second kappa shape index (κ2) is 13.1. The number of hydrogen-bond donors (Lipinski definition) is 3. The topological polar surface area (TPSA) is 61.4 Å². The predicted octanol–water partition coefficient (Wildman–Crippen LogP) is 6.10. The molecule has 0 aromatic heterocycles. The highest BCUT2D eigenvalue weighted by atomic mass is 35.5. The molecule has 2 aromatic rings. The van der Waals surface area contributed by atoms with E-state index in [2.05, 4.69) is 54.0 Å². The SMILES string of the molecule is CC/C(=C\c1ccccc1)C1CC1NC1CCC(NCc2ccc(C(=O)O)cc2)CC1.Cl.Cl. The van der Waals surface area contributed by atoms with Crippen molar-refractivity contribution in [1.82, 2.24) is 10.6 Å². The van der Waals surface area contributed by atoms with E-state index in [1.165, 1.54) is 37.7 Å². The van der Waals surface area contributed by atoms with E-state index < -0.39 is 5.97 Å². The van der Waals surface area contributed by atoms with Gasteiger partial charge in [-0.05, 0) is 67.7 Å². The fourth-order valence-corrected chi connectivity index (χ4v) is 4.82. The van der Waals surface area contributed by atoms with E-state index in [0.717, 1.165) is 18.5 Å². The molecule has 0 bridgehead atoms. The fraction of sp³-hybridized carbons (Fsp3) is 0.444. The van der Waals surface area contributed by atoms with Crippen LogP contribution in [0, 0.1) is 5.92 Å². The quantitative estimate of drug-likeness (QED) is 0.397. The van der Waals surface area contributed by atoms with Gasteiger partial charge in [0, 0.05) is 24.7 Å². The van der Waals surface area contributed by atoms with Crippen LogP contribution in [0.5, 0.6) is 0 Å². The number of nitrogens with one attached hydrogen (secondary N) is 2. The van der Waals surface area contributed by atoms with E-state index in [1.54, 1.807) is 17.7 Å². The van der Waals surface area contributed by atoms with Crippen molar-refractivity contribution in [3.63, 3.8) is 0 Å². The lowest BCUT2D eigenvalue weighted by atomic mass is 9.91. The molecular formula is C27H36Cl2N2O2.